The van der Waals surface area contributed by atoms with E-state index in [0.717, 1.165) is 0 Å². The van der Waals surface area contributed by atoms with Crippen molar-refractivity contribution >= 4 is 17.5 Å². The molecule has 0 aromatic rings. The van der Waals surface area contributed by atoms with Crippen LogP contribution in [0.25, 0.3) is 0 Å². The number of carbonyl (C=O) groups is 3. The summed E-state index contributed by atoms with van der Waals surface area (Å²) in [6.07, 6.45) is 0.654. The standard InChI is InChI=1S/C14H20O4/c1-12(2)6-8(15)9(10(12)16)14(5)7-13(3,4)11(17)18-14/h9H,6-7H2,1-5H3/t9-,14+/m1/s1. The van der Waals surface area contributed by atoms with Crippen LogP contribution in [0.5, 0.6) is 0 Å². The van der Waals surface area contributed by atoms with Gasteiger partial charge in [0.2, 0.25) is 0 Å². The van der Waals surface area contributed by atoms with Crippen molar-refractivity contribution in [1.29, 1.82) is 0 Å². The van der Waals surface area contributed by atoms with Crippen LogP contribution in [0, 0.1) is 16.7 Å². The van der Waals surface area contributed by atoms with Gasteiger partial charge < -0.3 is 4.74 Å². The summed E-state index contributed by atoms with van der Waals surface area (Å²) in [6.45, 7) is 8.84. The highest BCUT2D eigenvalue weighted by molar-refractivity contribution is 6.13. The largest absolute Gasteiger partial charge is 0.458 e. The summed E-state index contributed by atoms with van der Waals surface area (Å²) in [7, 11) is 0. The highest BCUT2D eigenvalue weighted by Gasteiger charge is 2.61. The van der Waals surface area contributed by atoms with Crippen LogP contribution in [0.2, 0.25) is 0 Å². The van der Waals surface area contributed by atoms with Crippen LogP contribution in [-0.2, 0) is 19.1 Å². The Morgan fingerprint density at radius 2 is 1.56 bits per heavy atom. The summed E-state index contributed by atoms with van der Waals surface area (Å²) in [6, 6.07) is 0. The fraction of sp³-hybridized carbons (Fsp3) is 0.786. The van der Waals surface area contributed by atoms with E-state index in [9.17, 15) is 14.4 Å². The number of carbonyl (C=O) groups excluding carboxylic acids is 3. The van der Waals surface area contributed by atoms with Gasteiger partial charge in [-0.1, -0.05) is 13.8 Å². The predicted molar refractivity (Wildman–Crippen MR) is 64.8 cm³/mol. The minimum absolute atomic E-state index is 0.0968. The molecule has 1 aliphatic heterocycles. The first-order valence-electron chi connectivity index (χ1n) is 6.30. The third-order valence-electron chi connectivity index (χ3n) is 4.15. The van der Waals surface area contributed by atoms with Gasteiger partial charge in [0.05, 0.1) is 5.41 Å². The van der Waals surface area contributed by atoms with Gasteiger partial charge in [0.15, 0.2) is 5.78 Å². The molecule has 0 aromatic carbocycles. The van der Waals surface area contributed by atoms with E-state index in [2.05, 4.69) is 0 Å². The van der Waals surface area contributed by atoms with Crippen molar-refractivity contribution in [2.24, 2.45) is 16.7 Å². The zero-order valence-corrected chi connectivity index (χ0v) is 11.6. The third-order valence-corrected chi connectivity index (χ3v) is 4.15. The highest BCUT2D eigenvalue weighted by Crippen LogP contribution is 2.49. The first-order chi connectivity index (χ1) is 8.00. The Kier molecular flexibility index (Phi) is 2.52. The van der Waals surface area contributed by atoms with Gasteiger partial charge in [-0.05, 0) is 20.8 Å². The molecule has 0 aromatic heterocycles. The monoisotopic (exact) mass is 252 g/mol. The molecule has 2 rings (SSSR count). The molecule has 1 saturated heterocycles. The molecular formula is C14H20O4. The van der Waals surface area contributed by atoms with Gasteiger partial charge in [-0.2, -0.15) is 0 Å². The van der Waals surface area contributed by atoms with E-state index in [1.54, 1.807) is 34.6 Å². The first kappa shape index (κ1) is 13.2. The van der Waals surface area contributed by atoms with E-state index in [4.69, 9.17) is 4.74 Å². The Hall–Kier alpha value is -1.19. The number of cyclic esters (lactones) is 1. The molecule has 0 spiro atoms. The van der Waals surface area contributed by atoms with Crippen molar-refractivity contribution < 1.29 is 19.1 Å². The molecule has 18 heavy (non-hydrogen) atoms. The number of hydrogen-bond donors (Lipinski definition) is 0. The van der Waals surface area contributed by atoms with Crippen molar-refractivity contribution in [2.75, 3.05) is 0 Å². The highest BCUT2D eigenvalue weighted by atomic mass is 16.6. The zero-order chi connectivity index (χ0) is 13.9. The molecule has 0 bridgehead atoms. The van der Waals surface area contributed by atoms with E-state index >= 15 is 0 Å². The lowest BCUT2D eigenvalue weighted by atomic mass is 9.75. The topological polar surface area (TPSA) is 60.4 Å². The summed E-state index contributed by atoms with van der Waals surface area (Å²) in [5.41, 5.74) is -2.23. The summed E-state index contributed by atoms with van der Waals surface area (Å²) in [4.78, 5) is 36.2. The fourth-order valence-corrected chi connectivity index (χ4v) is 3.28. The number of esters is 1. The van der Waals surface area contributed by atoms with Gasteiger partial charge in [-0.3, -0.25) is 14.4 Å². The molecule has 2 aliphatic rings. The molecular weight excluding hydrogens is 232 g/mol. The second-order valence-electron chi connectivity index (χ2n) is 7.09. The quantitative estimate of drug-likeness (QED) is 0.528. The molecule has 1 saturated carbocycles. The smallest absolute Gasteiger partial charge is 0.312 e. The second-order valence-corrected chi connectivity index (χ2v) is 7.09. The van der Waals surface area contributed by atoms with Crippen LogP contribution >= 0.6 is 0 Å². The summed E-state index contributed by atoms with van der Waals surface area (Å²) in [5.74, 6) is -1.31. The van der Waals surface area contributed by atoms with Gasteiger partial charge in [-0.25, -0.2) is 0 Å². The molecule has 2 fully saturated rings. The molecule has 0 unspecified atom stereocenters. The number of ether oxygens (including phenoxy) is 1. The Balaban J connectivity index is 2.36. The Bertz CT molecular complexity index is 447. The van der Waals surface area contributed by atoms with E-state index in [1.165, 1.54) is 0 Å². The number of rotatable bonds is 1. The van der Waals surface area contributed by atoms with E-state index < -0.39 is 22.3 Å². The van der Waals surface area contributed by atoms with Gasteiger partial charge in [0.1, 0.15) is 17.3 Å². The molecule has 1 heterocycles. The van der Waals surface area contributed by atoms with E-state index in [-0.39, 0.29) is 24.0 Å². The lowest BCUT2D eigenvalue weighted by molar-refractivity contribution is -0.158. The summed E-state index contributed by atoms with van der Waals surface area (Å²) in [5, 5.41) is 0. The van der Waals surface area contributed by atoms with Crippen molar-refractivity contribution in [3.8, 4) is 0 Å². The lowest BCUT2D eigenvalue weighted by Gasteiger charge is -2.29. The Labute approximate surface area is 107 Å². The zero-order valence-electron chi connectivity index (χ0n) is 11.6. The number of Topliss-reactive ketones (excluding diaryl/α,β-unsaturated/α-hetero) is 2. The Morgan fingerprint density at radius 3 is 1.89 bits per heavy atom. The molecule has 2 atom stereocenters. The summed E-state index contributed by atoms with van der Waals surface area (Å²) < 4.78 is 5.40. The second kappa shape index (κ2) is 3.43. The van der Waals surface area contributed by atoms with Crippen molar-refractivity contribution in [2.45, 2.75) is 53.1 Å². The first-order valence-corrected chi connectivity index (χ1v) is 6.30. The summed E-state index contributed by atoms with van der Waals surface area (Å²) >= 11 is 0. The maximum Gasteiger partial charge on any atom is 0.312 e. The number of hydrogen-bond acceptors (Lipinski definition) is 4. The average molecular weight is 252 g/mol. The van der Waals surface area contributed by atoms with Crippen LogP contribution < -0.4 is 0 Å². The third kappa shape index (κ3) is 1.70. The molecule has 0 N–H and O–H groups in total. The van der Waals surface area contributed by atoms with Crippen LogP contribution in [-0.4, -0.2) is 23.1 Å². The van der Waals surface area contributed by atoms with Gasteiger partial charge in [0.25, 0.3) is 0 Å². The minimum Gasteiger partial charge on any atom is -0.458 e. The lowest BCUT2D eigenvalue weighted by Crippen LogP contribution is -2.42. The molecule has 0 radical (unpaired) electrons. The molecule has 1 aliphatic carbocycles. The van der Waals surface area contributed by atoms with Gasteiger partial charge in [-0.15, -0.1) is 0 Å². The molecule has 4 nitrogen and oxygen atoms in total. The Morgan fingerprint density at radius 1 is 1.00 bits per heavy atom. The van der Waals surface area contributed by atoms with Crippen LogP contribution in [0.4, 0.5) is 0 Å². The molecule has 4 heteroatoms. The SMILES string of the molecule is CC1(C)C[C@@](C)([C@@H]2C(=O)CC(C)(C)C2=O)OC1=O. The van der Waals surface area contributed by atoms with Crippen molar-refractivity contribution in [1.82, 2.24) is 0 Å². The molecule has 0 amide bonds. The normalized spacial score (nSPS) is 38.1. The van der Waals surface area contributed by atoms with Crippen LogP contribution in [0.15, 0.2) is 0 Å². The predicted octanol–water partition coefficient (Wildman–Crippen LogP) is 1.90. The van der Waals surface area contributed by atoms with Gasteiger partial charge >= 0.3 is 5.97 Å². The molecule has 100 valence electrons. The van der Waals surface area contributed by atoms with Crippen molar-refractivity contribution in [3.05, 3.63) is 0 Å². The van der Waals surface area contributed by atoms with E-state index in [0.29, 0.717) is 6.42 Å². The van der Waals surface area contributed by atoms with E-state index in [1.807, 2.05) is 0 Å². The maximum absolute atomic E-state index is 12.3. The van der Waals surface area contributed by atoms with Crippen LogP contribution in [0.1, 0.15) is 47.5 Å². The van der Waals surface area contributed by atoms with Gasteiger partial charge in [0, 0.05) is 18.3 Å². The average Bonchev–Trinajstić information content (AvgIpc) is 2.45. The maximum atomic E-state index is 12.3. The van der Waals surface area contributed by atoms with Crippen molar-refractivity contribution in [3.63, 3.8) is 0 Å². The van der Waals surface area contributed by atoms with Crippen LogP contribution in [0.3, 0.4) is 0 Å². The minimum atomic E-state index is -0.970. The fourth-order valence-electron chi connectivity index (χ4n) is 3.28. The number of ketones is 2.